The van der Waals surface area contributed by atoms with Gasteiger partial charge in [-0.15, -0.1) is 0 Å². The Morgan fingerprint density at radius 3 is 2.47 bits per heavy atom. The third-order valence-corrected chi connectivity index (χ3v) is 6.35. The Kier molecular flexibility index (Phi) is 4.82. The SMILES string of the molecule is CC1(C)CN(c2ccc(S(=O)(=O)Nc3cccc(-n4[nH]nnc4=S)c3)cc2)NC1=O. The first-order chi connectivity index (χ1) is 14.2. The highest BCUT2D eigenvalue weighted by molar-refractivity contribution is 7.92. The quantitative estimate of drug-likeness (QED) is 0.513. The molecule has 0 unspecified atom stereocenters. The zero-order chi connectivity index (χ0) is 21.5. The van der Waals surface area contributed by atoms with Crippen molar-refractivity contribution >= 4 is 39.5 Å². The third-order valence-electron chi connectivity index (χ3n) is 4.69. The Hall–Kier alpha value is -3.25. The molecule has 12 heteroatoms. The fourth-order valence-corrected chi connectivity index (χ4v) is 4.27. The molecule has 1 aromatic heterocycles. The summed E-state index contributed by atoms with van der Waals surface area (Å²) in [6.45, 7) is 4.20. The van der Waals surface area contributed by atoms with Gasteiger partial charge in [0.15, 0.2) is 0 Å². The molecule has 0 saturated carbocycles. The van der Waals surface area contributed by atoms with Crippen LogP contribution in [0.4, 0.5) is 11.4 Å². The molecule has 0 bridgehead atoms. The Morgan fingerprint density at radius 2 is 1.87 bits per heavy atom. The number of anilines is 2. The number of rotatable bonds is 5. The molecule has 0 radical (unpaired) electrons. The molecule has 3 N–H and O–H groups in total. The molecule has 2 aromatic carbocycles. The monoisotopic (exact) mass is 445 g/mol. The van der Waals surface area contributed by atoms with Gasteiger partial charge in [-0.3, -0.25) is 20.0 Å². The maximum absolute atomic E-state index is 12.8. The zero-order valence-electron chi connectivity index (χ0n) is 16.2. The van der Waals surface area contributed by atoms with E-state index in [1.54, 1.807) is 41.4 Å². The van der Waals surface area contributed by atoms with E-state index in [1.807, 2.05) is 13.8 Å². The molecule has 1 aliphatic heterocycles. The van der Waals surface area contributed by atoms with E-state index in [0.717, 1.165) is 0 Å². The fraction of sp³-hybridized carbons (Fsp3) is 0.222. The molecule has 10 nitrogen and oxygen atoms in total. The summed E-state index contributed by atoms with van der Waals surface area (Å²) in [5.41, 5.74) is 3.94. The highest BCUT2D eigenvalue weighted by atomic mass is 32.2. The molecule has 0 spiro atoms. The molecule has 30 heavy (non-hydrogen) atoms. The number of aromatic amines is 1. The van der Waals surface area contributed by atoms with E-state index >= 15 is 0 Å². The average molecular weight is 446 g/mol. The lowest BCUT2D eigenvalue weighted by molar-refractivity contribution is -0.125. The summed E-state index contributed by atoms with van der Waals surface area (Å²) in [6.07, 6.45) is 0. The van der Waals surface area contributed by atoms with Crippen LogP contribution in [-0.2, 0) is 14.8 Å². The van der Waals surface area contributed by atoms with Crippen LogP contribution in [0.25, 0.3) is 5.69 Å². The van der Waals surface area contributed by atoms with Crippen molar-refractivity contribution in [1.82, 2.24) is 25.6 Å². The van der Waals surface area contributed by atoms with E-state index in [0.29, 0.717) is 23.6 Å². The molecule has 1 amide bonds. The number of sulfonamides is 1. The smallest absolute Gasteiger partial charge is 0.261 e. The minimum atomic E-state index is -3.82. The second-order valence-corrected chi connectivity index (χ2v) is 9.53. The first-order valence-electron chi connectivity index (χ1n) is 8.98. The van der Waals surface area contributed by atoms with Gasteiger partial charge in [0.2, 0.25) is 10.7 Å². The van der Waals surface area contributed by atoms with Gasteiger partial charge in [-0.2, -0.15) is 5.21 Å². The van der Waals surface area contributed by atoms with E-state index in [1.165, 1.54) is 16.8 Å². The van der Waals surface area contributed by atoms with Crippen molar-refractivity contribution in [2.75, 3.05) is 16.3 Å². The number of hydrazine groups is 1. The second-order valence-electron chi connectivity index (χ2n) is 7.48. The maximum Gasteiger partial charge on any atom is 0.261 e. The number of carbonyl (C=O) groups excluding carboxylic acids is 1. The summed E-state index contributed by atoms with van der Waals surface area (Å²) >= 11 is 5.07. The fourth-order valence-electron chi connectivity index (χ4n) is 3.03. The summed E-state index contributed by atoms with van der Waals surface area (Å²) in [7, 11) is -3.82. The largest absolute Gasteiger partial charge is 0.284 e. The van der Waals surface area contributed by atoms with E-state index in [2.05, 4.69) is 25.7 Å². The first kappa shape index (κ1) is 20.0. The molecule has 1 saturated heterocycles. The third kappa shape index (κ3) is 3.78. The normalized spacial score (nSPS) is 15.8. The van der Waals surface area contributed by atoms with Crippen LogP contribution in [0.5, 0.6) is 0 Å². The van der Waals surface area contributed by atoms with Gasteiger partial charge in [-0.1, -0.05) is 16.4 Å². The molecule has 1 aliphatic rings. The molecule has 156 valence electrons. The van der Waals surface area contributed by atoms with Crippen molar-refractivity contribution in [2.24, 2.45) is 5.41 Å². The van der Waals surface area contributed by atoms with Crippen LogP contribution in [0.1, 0.15) is 13.8 Å². The van der Waals surface area contributed by atoms with Crippen LogP contribution in [0, 0.1) is 10.2 Å². The number of benzene rings is 2. The van der Waals surface area contributed by atoms with Crippen LogP contribution >= 0.6 is 12.2 Å². The van der Waals surface area contributed by atoms with Gasteiger partial charge in [0.25, 0.3) is 10.0 Å². The van der Waals surface area contributed by atoms with Crippen molar-refractivity contribution in [2.45, 2.75) is 18.7 Å². The number of nitrogens with one attached hydrogen (secondary N) is 3. The Morgan fingerprint density at radius 1 is 1.13 bits per heavy atom. The number of hydrogen-bond acceptors (Lipinski definition) is 7. The summed E-state index contributed by atoms with van der Waals surface area (Å²) in [6, 6.07) is 13.0. The molecule has 1 fully saturated rings. The molecule has 0 atom stereocenters. The Bertz CT molecular complexity index is 1260. The molecule has 0 aliphatic carbocycles. The number of tetrazole rings is 1. The highest BCUT2D eigenvalue weighted by Gasteiger charge is 2.38. The number of carbonyl (C=O) groups is 1. The lowest BCUT2D eigenvalue weighted by Gasteiger charge is -2.19. The number of amides is 1. The standard InChI is InChI=1S/C18H19N7O3S2/c1-18(2)11-24(20-16(18)26)13-6-8-15(9-7-13)30(27,28)21-12-4-3-5-14(10-12)25-17(29)19-22-23-25/h3-10,21H,11H2,1-2H3,(H,20,26)(H,19,23,29). The van der Waals surface area contributed by atoms with Gasteiger partial charge >= 0.3 is 0 Å². The lowest BCUT2D eigenvalue weighted by Crippen LogP contribution is -2.33. The van der Waals surface area contributed by atoms with Crippen molar-refractivity contribution in [3.8, 4) is 5.69 Å². The van der Waals surface area contributed by atoms with Gasteiger partial charge in [0, 0.05) is 0 Å². The topological polar surface area (TPSA) is 125 Å². The predicted molar refractivity (Wildman–Crippen MR) is 113 cm³/mol. The van der Waals surface area contributed by atoms with Crippen LogP contribution in [0.2, 0.25) is 0 Å². The maximum atomic E-state index is 12.8. The average Bonchev–Trinajstić information content (AvgIpc) is 3.24. The summed E-state index contributed by atoms with van der Waals surface area (Å²) in [5.74, 6) is -0.0756. The van der Waals surface area contributed by atoms with Crippen LogP contribution in [0.3, 0.4) is 0 Å². The van der Waals surface area contributed by atoms with Gasteiger partial charge in [0.1, 0.15) is 0 Å². The zero-order valence-corrected chi connectivity index (χ0v) is 17.8. The summed E-state index contributed by atoms with van der Waals surface area (Å²) < 4.78 is 29.8. The van der Waals surface area contributed by atoms with Crippen molar-refractivity contribution in [3.05, 3.63) is 53.3 Å². The first-order valence-corrected chi connectivity index (χ1v) is 10.9. The van der Waals surface area contributed by atoms with Crippen molar-refractivity contribution < 1.29 is 13.2 Å². The Balaban J connectivity index is 1.54. The molecular weight excluding hydrogens is 426 g/mol. The second kappa shape index (κ2) is 7.22. The number of aromatic nitrogens is 4. The number of H-pyrrole nitrogens is 1. The van der Waals surface area contributed by atoms with Gasteiger partial charge in [0.05, 0.1) is 33.9 Å². The predicted octanol–water partition coefficient (Wildman–Crippen LogP) is 2.00. The van der Waals surface area contributed by atoms with Crippen LogP contribution in [0.15, 0.2) is 53.4 Å². The molecule has 2 heterocycles. The van der Waals surface area contributed by atoms with Crippen LogP contribution < -0.4 is 15.2 Å². The van der Waals surface area contributed by atoms with Gasteiger partial charge < -0.3 is 0 Å². The lowest BCUT2D eigenvalue weighted by atomic mass is 9.94. The summed E-state index contributed by atoms with van der Waals surface area (Å²) in [5, 5.41) is 11.7. The van der Waals surface area contributed by atoms with Crippen molar-refractivity contribution in [3.63, 3.8) is 0 Å². The van der Waals surface area contributed by atoms with Crippen LogP contribution in [-0.4, -0.2) is 41.1 Å². The number of nitrogens with zero attached hydrogens (tertiary/aromatic N) is 4. The van der Waals surface area contributed by atoms with E-state index in [4.69, 9.17) is 12.2 Å². The van der Waals surface area contributed by atoms with Gasteiger partial charge in [-0.05, 0) is 68.5 Å². The molecule has 4 rings (SSSR count). The van der Waals surface area contributed by atoms with E-state index in [-0.39, 0.29) is 15.6 Å². The highest BCUT2D eigenvalue weighted by Crippen LogP contribution is 2.28. The van der Waals surface area contributed by atoms with Gasteiger partial charge in [-0.25, -0.2) is 13.1 Å². The minimum Gasteiger partial charge on any atom is -0.284 e. The minimum absolute atomic E-state index is 0.0756. The summed E-state index contributed by atoms with van der Waals surface area (Å²) in [4.78, 5) is 12.1. The van der Waals surface area contributed by atoms with Crippen molar-refractivity contribution in [1.29, 1.82) is 0 Å². The van der Waals surface area contributed by atoms with E-state index in [9.17, 15) is 13.2 Å². The van der Waals surface area contributed by atoms with E-state index < -0.39 is 15.4 Å². The number of hydrogen-bond donors (Lipinski definition) is 3. The molecule has 3 aromatic rings. The Labute approximate surface area is 177 Å². The molecular formula is C18H19N7O3S2.